The van der Waals surface area contributed by atoms with E-state index in [4.69, 9.17) is 10.00 Å². The summed E-state index contributed by atoms with van der Waals surface area (Å²) in [7, 11) is 1.66. The molecule has 1 N–H and O–H groups in total. The van der Waals surface area contributed by atoms with Gasteiger partial charge in [0.25, 0.3) is 0 Å². The number of thioether (sulfide) groups is 1. The fraction of sp³-hybridized carbons (Fsp3) is 0.500. The second-order valence-electron chi connectivity index (χ2n) is 4.25. The van der Waals surface area contributed by atoms with Crippen molar-refractivity contribution in [2.24, 2.45) is 0 Å². The van der Waals surface area contributed by atoms with Gasteiger partial charge in [0.05, 0.1) is 13.2 Å². The van der Waals surface area contributed by atoms with E-state index < -0.39 is 5.54 Å². The number of rotatable bonds is 7. The predicted molar refractivity (Wildman–Crippen MR) is 76.0 cm³/mol. The van der Waals surface area contributed by atoms with Gasteiger partial charge in [-0.1, -0.05) is 6.92 Å². The van der Waals surface area contributed by atoms with E-state index in [1.54, 1.807) is 18.9 Å². The standard InChI is InChI=1S/C14H20N2OS/c1-4-16-14(2,11-15)9-10-18-13-7-5-12(17-3)6-8-13/h5-8,16H,4,9-10H2,1-3H3. The molecule has 0 fully saturated rings. The Hall–Kier alpha value is -1.18. The average Bonchev–Trinajstić information content (AvgIpc) is 2.40. The molecule has 1 aromatic rings. The van der Waals surface area contributed by atoms with E-state index in [1.807, 2.05) is 38.1 Å². The first-order valence-corrected chi connectivity index (χ1v) is 7.05. The Kier molecular flexibility index (Phi) is 6.03. The predicted octanol–water partition coefficient (Wildman–Crippen LogP) is 3.07. The molecule has 18 heavy (non-hydrogen) atoms. The number of methoxy groups -OCH3 is 1. The van der Waals surface area contributed by atoms with Gasteiger partial charge in [-0.25, -0.2) is 0 Å². The molecule has 0 heterocycles. The van der Waals surface area contributed by atoms with Crippen LogP contribution in [0.1, 0.15) is 20.3 Å². The fourth-order valence-corrected chi connectivity index (χ4v) is 2.69. The van der Waals surface area contributed by atoms with Crippen LogP contribution in [0.2, 0.25) is 0 Å². The van der Waals surface area contributed by atoms with Crippen LogP contribution in [-0.4, -0.2) is 24.9 Å². The van der Waals surface area contributed by atoms with Crippen molar-refractivity contribution < 1.29 is 4.74 Å². The molecule has 3 nitrogen and oxygen atoms in total. The van der Waals surface area contributed by atoms with Gasteiger partial charge < -0.3 is 4.74 Å². The molecule has 0 radical (unpaired) electrons. The molecule has 0 saturated heterocycles. The third kappa shape index (κ3) is 4.59. The lowest BCUT2D eigenvalue weighted by Crippen LogP contribution is -2.41. The third-order valence-corrected chi connectivity index (χ3v) is 3.76. The molecule has 98 valence electrons. The Bertz CT molecular complexity index is 399. The number of hydrogen-bond donors (Lipinski definition) is 1. The Morgan fingerprint density at radius 2 is 2.06 bits per heavy atom. The van der Waals surface area contributed by atoms with Gasteiger partial charge in [0.2, 0.25) is 0 Å². The number of nitrogens with zero attached hydrogens (tertiary/aromatic N) is 1. The maximum absolute atomic E-state index is 9.14. The van der Waals surface area contributed by atoms with Gasteiger partial charge in [0, 0.05) is 10.6 Å². The smallest absolute Gasteiger partial charge is 0.118 e. The zero-order valence-corrected chi connectivity index (χ0v) is 12.0. The van der Waals surface area contributed by atoms with Crippen LogP contribution in [0.5, 0.6) is 5.75 Å². The lowest BCUT2D eigenvalue weighted by molar-refractivity contribution is 0.414. The molecule has 0 saturated carbocycles. The van der Waals surface area contributed by atoms with Crippen LogP contribution in [0.25, 0.3) is 0 Å². The quantitative estimate of drug-likeness (QED) is 0.769. The van der Waals surface area contributed by atoms with Crippen LogP contribution >= 0.6 is 11.8 Å². The molecular weight excluding hydrogens is 244 g/mol. The molecule has 1 unspecified atom stereocenters. The summed E-state index contributed by atoms with van der Waals surface area (Å²) in [5, 5.41) is 12.4. The second-order valence-corrected chi connectivity index (χ2v) is 5.42. The lowest BCUT2D eigenvalue weighted by Gasteiger charge is -2.22. The molecule has 1 aromatic carbocycles. The Labute approximate surface area is 114 Å². The molecule has 1 rings (SSSR count). The van der Waals surface area contributed by atoms with E-state index in [0.717, 1.165) is 24.5 Å². The minimum atomic E-state index is -0.422. The number of benzene rings is 1. The summed E-state index contributed by atoms with van der Waals surface area (Å²) in [5.74, 6) is 1.79. The largest absolute Gasteiger partial charge is 0.497 e. The SMILES string of the molecule is CCNC(C)(C#N)CCSc1ccc(OC)cc1. The van der Waals surface area contributed by atoms with Crippen molar-refractivity contribution in [2.75, 3.05) is 19.4 Å². The van der Waals surface area contributed by atoms with Gasteiger partial charge in [-0.3, -0.25) is 5.32 Å². The normalized spacial score (nSPS) is 13.7. The summed E-state index contributed by atoms with van der Waals surface area (Å²) < 4.78 is 5.11. The summed E-state index contributed by atoms with van der Waals surface area (Å²) in [4.78, 5) is 1.20. The van der Waals surface area contributed by atoms with Crippen molar-refractivity contribution in [2.45, 2.75) is 30.7 Å². The Balaban J connectivity index is 2.43. The minimum Gasteiger partial charge on any atom is -0.497 e. The highest BCUT2D eigenvalue weighted by Gasteiger charge is 2.21. The van der Waals surface area contributed by atoms with Crippen LogP contribution in [0, 0.1) is 11.3 Å². The summed E-state index contributed by atoms with van der Waals surface area (Å²) >= 11 is 1.76. The van der Waals surface area contributed by atoms with E-state index in [-0.39, 0.29) is 0 Å². The molecule has 0 bridgehead atoms. The van der Waals surface area contributed by atoms with Crippen molar-refractivity contribution in [3.05, 3.63) is 24.3 Å². The molecule has 0 aromatic heterocycles. The van der Waals surface area contributed by atoms with Gasteiger partial charge in [0.1, 0.15) is 11.3 Å². The lowest BCUT2D eigenvalue weighted by atomic mass is 10.0. The molecule has 0 amide bonds. The van der Waals surface area contributed by atoms with Crippen molar-refractivity contribution in [3.8, 4) is 11.8 Å². The summed E-state index contributed by atoms with van der Waals surface area (Å²) in [6, 6.07) is 10.3. The summed E-state index contributed by atoms with van der Waals surface area (Å²) in [6.07, 6.45) is 0.827. The first kappa shape index (κ1) is 14.9. The van der Waals surface area contributed by atoms with Crippen LogP contribution in [0.4, 0.5) is 0 Å². The van der Waals surface area contributed by atoms with E-state index in [0.29, 0.717) is 0 Å². The van der Waals surface area contributed by atoms with E-state index >= 15 is 0 Å². The highest BCUT2D eigenvalue weighted by atomic mass is 32.2. The van der Waals surface area contributed by atoms with Gasteiger partial charge in [-0.05, 0) is 44.2 Å². The fourth-order valence-electron chi connectivity index (χ4n) is 1.62. The highest BCUT2D eigenvalue weighted by Crippen LogP contribution is 2.23. The number of ether oxygens (including phenoxy) is 1. The van der Waals surface area contributed by atoms with E-state index in [2.05, 4.69) is 11.4 Å². The molecule has 0 aliphatic rings. The van der Waals surface area contributed by atoms with Gasteiger partial charge in [0.15, 0.2) is 0 Å². The number of hydrogen-bond acceptors (Lipinski definition) is 4. The highest BCUT2D eigenvalue weighted by molar-refractivity contribution is 7.99. The van der Waals surface area contributed by atoms with E-state index in [9.17, 15) is 0 Å². The summed E-state index contributed by atoms with van der Waals surface area (Å²) in [5.41, 5.74) is -0.422. The zero-order chi connectivity index (χ0) is 13.4. The van der Waals surface area contributed by atoms with Crippen molar-refractivity contribution >= 4 is 11.8 Å². The number of nitriles is 1. The van der Waals surface area contributed by atoms with Crippen LogP contribution < -0.4 is 10.1 Å². The molecular formula is C14H20N2OS. The Morgan fingerprint density at radius 3 is 2.56 bits per heavy atom. The first-order chi connectivity index (χ1) is 8.63. The van der Waals surface area contributed by atoms with Crippen LogP contribution in [0.3, 0.4) is 0 Å². The van der Waals surface area contributed by atoms with E-state index in [1.165, 1.54) is 4.90 Å². The van der Waals surface area contributed by atoms with Crippen LogP contribution in [0.15, 0.2) is 29.2 Å². The minimum absolute atomic E-state index is 0.422. The first-order valence-electron chi connectivity index (χ1n) is 6.06. The maximum Gasteiger partial charge on any atom is 0.118 e. The molecule has 0 spiro atoms. The second kappa shape index (κ2) is 7.30. The van der Waals surface area contributed by atoms with Gasteiger partial charge in [-0.2, -0.15) is 5.26 Å². The Morgan fingerprint density at radius 1 is 1.39 bits per heavy atom. The molecule has 4 heteroatoms. The molecule has 1 atom stereocenters. The third-order valence-electron chi connectivity index (χ3n) is 2.74. The maximum atomic E-state index is 9.14. The van der Waals surface area contributed by atoms with Crippen molar-refractivity contribution in [1.82, 2.24) is 5.32 Å². The number of nitrogens with one attached hydrogen (secondary N) is 1. The topological polar surface area (TPSA) is 45.0 Å². The van der Waals surface area contributed by atoms with Gasteiger partial charge >= 0.3 is 0 Å². The zero-order valence-electron chi connectivity index (χ0n) is 11.2. The molecule has 0 aliphatic carbocycles. The molecule has 0 aliphatic heterocycles. The summed E-state index contributed by atoms with van der Waals surface area (Å²) in [6.45, 7) is 4.79. The van der Waals surface area contributed by atoms with Crippen LogP contribution in [-0.2, 0) is 0 Å². The average molecular weight is 264 g/mol. The van der Waals surface area contributed by atoms with Crippen molar-refractivity contribution in [1.29, 1.82) is 5.26 Å². The monoisotopic (exact) mass is 264 g/mol. The van der Waals surface area contributed by atoms with Gasteiger partial charge in [-0.15, -0.1) is 11.8 Å². The van der Waals surface area contributed by atoms with Crippen molar-refractivity contribution in [3.63, 3.8) is 0 Å².